The van der Waals surface area contributed by atoms with Crippen molar-refractivity contribution >= 4 is 35.8 Å². The molecule has 0 spiro atoms. The Morgan fingerprint density at radius 2 is 0.828 bits per heavy atom. The molecule has 6 atom stereocenters. The number of carboxylic acids is 2. The van der Waals surface area contributed by atoms with Crippen LogP contribution in [0.3, 0.4) is 0 Å². The van der Waals surface area contributed by atoms with Crippen molar-refractivity contribution in [2.24, 2.45) is 22.7 Å². The number of carbonyl (C=O) groups excluding carboxylic acids is 4. The van der Waals surface area contributed by atoms with Crippen LogP contribution in [0, 0.1) is 22.7 Å². The van der Waals surface area contributed by atoms with Crippen molar-refractivity contribution in [3.05, 3.63) is 47.5 Å². The second-order valence-corrected chi connectivity index (χ2v) is 18.1. The highest BCUT2D eigenvalue weighted by atomic mass is 16.6. The minimum atomic E-state index is -1.38. The molecular formula is C44H56N2O12+2. The number of piperidine rings is 2. The van der Waals surface area contributed by atoms with E-state index in [0.29, 0.717) is 60.6 Å². The van der Waals surface area contributed by atoms with Crippen LogP contribution in [0.4, 0.5) is 0 Å². The number of carboxylic acid groups (broad SMARTS) is 2. The molecule has 58 heavy (non-hydrogen) atoms. The maximum atomic E-state index is 13.8. The average Bonchev–Trinajstić information content (AvgIpc) is 3.33. The van der Waals surface area contributed by atoms with Gasteiger partial charge in [-0.15, -0.1) is 0 Å². The van der Waals surface area contributed by atoms with Gasteiger partial charge in [0.15, 0.2) is 23.0 Å². The zero-order valence-corrected chi connectivity index (χ0v) is 34.3. The zero-order chi connectivity index (χ0) is 41.9. The molecule has 2 aromatic carbocycles. The van der Waals surface area contributed by atoms with E-state index in [-0.39, 0.29) is 59.0 Å². The first kappa shape index (κ1) is 41.3. The van der Waals surface area contributed by atoms with Gasteiger partial charge < -0.3 is 38.1 Å². The molecule has 0 aromatic heterocycles. The van der Waals surface area contributed by atoms with Gasteiger partial charge in [0.05, 0.1) is 49.1 Å². The summed E-state index contributed by atoms with van der Waals surface area (Å²) in [6.45, 7) is 6.32. The molecule has 5 fully saturated rings. The first-order chi connectivity index (χ1) is 27.3. The summed E-state index contributed by atoms with van der Waals surface area (Å²) in [5.74, 6) is -4.06. The maximum Gasteiger partial charge on any atom is 0.311 e. The van der Waals surface area contributed by atoms with Crippen LogP contribution in [0.5, 0.6) is 23.0 Å². The van der Waals surface area contributed by atoms with E-state index < -0.39 is 46.6 Å². The molecule has 4 bridgehead atoms. The Hall–Kier alpha value is -4.82. The van der Waals surface area contributed by atoms with Gasteiger partial charge in [-0.3, -0.25) is 28.8 Å². The third-order valence-electron chi connectivity index (χ3n) is 15.2. The van der Waals surface area contributed by atoms with Crippen molar-refractivity contribution in [3.8, 4) is 23.0 Å². The highest BCUT2D eigenvalue weighted by Crippen LogP contribution is 2.71. The van der Waals surface area contributed by atoms with Gasteiger partial charge >= 0.3 is 35.8 Å². The summed E-state index contributed by atoms with van der Waals surface area (Å²) >= 11 is 0. The quantitative estimate of drug-likeness (QED) is 0.150. The third kappa shape index (κ3) is 6.85. The van der Waals surface area contributed by atoms with Crippen molar-refractivity contribution in [3.63, 3.8) is 0 Å². The summed E-state index contributed by atoms with van der Waals surface area (Å²) < 4.78 is 22.7. The van der Waals surface area contributed by atoms with Crippen LogP contribution in [-0.2, 0) is 41.9 Å². The van der Waals surface area contributed by atoms with Crippen LogP contribution < -0.4 is 18.9 Å². The lowest BCUT2D eigenvalue weighted by molar-refractivity contribution is -0.963. The van der Waals surface area contributed by atoms with E-state index in [4.69, 9.17) is 18.9 Å². The normalized spacial score (nSPS) is 34.7. The van der Waals surface area contributed by atoms with E-state index in [1.165, 1.54) is 27.7 Å². The molecule has 2 N–H and O–H groups in total. The Labute approximate surface area is 338 Å². The van der Waals surface area contributed by atoms with Crippen molar-refractivity contribution < 1.29 is 66.9 Å². The molecule has 4 aliphatic heterocycles. The van der Waals surface area contributed by atoms with E-state index >= 15 is 0 Å². The van der Waals surface area contributed by atoms with E-state index in [1.54, 1.807) is 24.3 Å². The third-order valence-corrected chi connectivity index (χ3v) is 15.2. The number of benzene rings is 2. The minimum Gasteiger partial charge on any atom is -0.481 e. The lowest BCUT2D eigenvalue weighted by atomic mass is 9.38. The number of rotatable bonds is 12. The van der Waals surface area contributed by atoms with Gasteiger partial charge in [-0.1, -0.05) is 0 Å². The number of hydrogen-bond donors (Lipinski definition) is 2. The van der Waals surface area contributed by atoms with Gasteiger partial charge in [0.1, 0.15) is 13.1 Å². The number of aliphatic carboxylic acids is 2. The summed E-state index contributed by atoms with van der Waals surface area (Å²) in [4.78, 5) is 74.9. The summed E-state index contributed by atoms with van der Waals surface area (Å²) in [6.07, 6.45) is 6.74. The highest BCUT2D eigenvalue weighted by Gasteiger charge is 2.76. The SMILES string of the molecule is CC(=O)Oc1ccc(C[N+]2(C)C3CCC2CC([C@@]2(C(=O)O)CC[C@@]2(C(=O)O)C2CC4CCC(C2)[N+]4(C)Cc2ccc(OC(C)=O)c(OC(C)=O)c2)C3)cc1OC(C)=O. The average molecular weight is 805 g/mol. The van der Waals surface area contributed by atoms with Gasteiger partial charge in [-0.25, -0.2) is 0 Å². The Kier molecular flexibility index (Phi) is 10.8. The Morgan fingerprint density at radius 3 is 1.09 bits per heavy atom. The molecule has 14 heteroatoms. The first-order valence-corrected chi connectivity index (χ1v) is 20.5. The topological polar surface area (TPSA) is 180 Å². The fraction of sp³-hybridized carbons (Fsp3) is 0.591. The van der Waals surface area contributed by atoms with Crippen LogP contribution in [0.2, 0.25) is 0 Å². The summed E-state index contributed by atoms with van der Waals surface area (Å²) in [5, 5.41) is 22.6. The van der Waals surface area contributed by atoms with Gasteiger partial charge in [-0.05, 0) is 61.1 Å². The first-order valence-electron chi connectivity index (χ1n) is 20.5. The van der Waals surface area contributed by atoms with E-state index in [1.807, 2.05) is 12.1 Å². The summed E-state index contributed by atoms with van der Waals surface area (Å²) in [5.41, 5.74) is -0.975. The largest absolute Gasteiger partial charge is 0.481 e. The Bertz CT molecular complexity index is 1880. The van der Waals surface area contributed by atoms with Crippen molar-refractivity contribution in [2.45, 2.75) is 129 Å². The predicted molar refractivity (Wildman–Crippen MR) is 206 cm³/mol. The zero-order valence-electron chi connectivity index (χ0n) is 34.3. The molecule has 14 nitrogen and oxygen atoms in total. The number of fused-ring (bicyclic) bond motifs is 4. The molecule has 312 valence electrons. The summed E-state index contributed by atoms with van der Waals surface area (Å²) in [7, 11) is 4.39. The van der Waals surface area contributed by atoms with E-state index in [2.05, 4.69) is 14.1 Å². The minimum absolute atomic E-state index is 0.115. The molecule has 2 aromatic rings. The number of esters is 4. The number of nitrogens with zero attached hydrogens (tertiary/aromatic N) is 2. The van der Waals surface area contributed by atoms with E-state index in [9.17, 15) is 39.0 Å². The second-order valence-electron chi connectivity index (χ2n) is 18.1. The standard InChI is InChI=1S/C44H54N2O12/c1-25(47)55-37-13-7-29(17-39(37)57-27(3)49)23-45(5)33-9-10-34(45)20-31(19-33)43(41(51)52)15-16-44(43,42(53)54)32-21-35-11-12-36(22-32)46(35,6)24-30-8-14-38(56-26(2)48)40(18-30)58-28(4)50/h7-8,13-14,17-18,31-36H,9-12,15-16,19-24H2,1-6H3/p+2/t31?,32?,33?,34?,35?,36?,43-,44+,45?,46?. The van der Waals surface area contributed by atoms with Crippen molar-refractivity contribution in [2.75, 3.05) is 14.1 Å². The van der Waals surface area contributed by atoms with Gasteiger partial charge in [0, 0.05) is 90.2 Å². The van der Waals surface area contributed by atoms with Crippen LogP contribution in [0.25, 0.3) is 0 Å². The smallest absolute Gasteiger partial charge is 0.311 e. The second kappa shape index (κ2) is 15.1. The number of ether oxygens (including phenoxy) is 4. The molecule has 4 unspecified atom stereocenters. The fourth-order valence-electron chi connectivity index (χ4n) is 12.6. The number of hydrogen-bond acceptors (Lipinski definition) is 10. The molecule has 1 aliphatic carbocycles. The van der Waals surface area contributed by atoms with E-state index in [0.717, 1.165) is 36.8 Å². The molecule has 5 aliphatic rings. The van der Waals surface area contributed by atoms with Crippen molar-refractivity contribution in [1.82, 2.24) is 0 Å². The molecule has 0 amide bonds. The van der Waals surface area contributed by atoms with Crippen LogP contribution in [0.15, 0.2) is 36.4 Å². The predicted octanol–water partition coefficient (Wildman–Crippen LogP) is 5.80. The lowest BCUT2D eigenvalue weighted by Crippen LogP contribution is -2.71. The number of quaternary nitrogens is 2. The van der Waals surface area contributed by atoms with Crippen LogP contribution in [0.1, 0.15) is 103 Å². The molecule has 1 saturated carbocycles. The fourth-order valence-corrected chi connectivity index (χ4v) is 12.6. The molecule has 0 radical (unpaired) electrons. The molecular weight excluding hydrogens is 748 g/mol. The Balaban J connectivity index is 1.13. The van der Waals surface area contributed by atoms with Gasteiger partial charge in [0.2, 0.25) is 0 Å². The van der Waals surface area contributed by atoms with Crippen LogP contribution >= 0.6 is 0 Å². The van der Waals surface area contributed by atoms with Gasteiger partial charge in [-0.2, -0.15) is 0 Å². The van der Waals surface area contributed by atoms with Crippen LogP contribution in [-0.4, -0.2) is 93.3 Å². The maximum absolute atomic E-state index is 13.8. The number of carbonyl (C=O) groups is 6. The molecule has 4 heterocycles. The Morgan fingerprint density at radius 1 is 0.534 bits per heavy atom. The highest BCUT2D eigenvalue weighted by molar-refractivity contribution is 5.89. The molecule has 7 rings (SSSR count). The van der Waals surface area contributed by atoms with Crippen molar-refractivity contribution in [1.29, 1.82) is 0 Å². The van der Waals surface area contributed by atoms with Gasteiger partial charge in [0.25, 0.3) is 0 Å². The monoisotopic (exact) mass is 804 g/mol. The molecule has 4 saturated heterocycles. The lowest BCUT2D eigenvalue weighted by Gasteiger charge is -2.64. The summed E-state index contributed by atoms with van der Waals surface area (Å²) in [6, 6.07) is 10.9.